The van der Waals surface area contributed by atoms with E-state index in [9.17, 15) is 4.79 Å². The van der Waals surface area contributed by atoms with Gasteiger partial charge >= 0.3 is 6.03 Å². The number of halogens is 2. The molecule has 47 heavy (non-hydrogen) atoms. The Kier molecular flexibility index (Phi) is 10.7. The molecule has 0 bridgehead atoms. The quantitative estimate of drug-likeness (QED) is 0.171. The van der Waals surface area contributed by atoms with Crippen LogP contribution < -0.4 is 25.2 Å². The highest BCUT2D eigenvalue weighted by Gasteiger charge is 2.45. The number of anilines is 3. The van der Waals surface area contributed by atoms with Gasteiger partial charge in [0.15, 0.2) is 0 Å². The molecule has 6 rings (SSSR count). The number of carbonyl (C=O) groups excluding carboxylic acids is 1. The molecule has 3 heterocycles. The normalized spacial score (nSPS) is 19.5. The smallest absolute Gasteiger partial charge is 0.319 e. The van der Waals surface area contributed by atoms with Crippen molar-refractivity contribution in [2.24, 2.45) is 0 Å². The number of benzene rings is 3. The lowest BCUT2D eigenvalue weighted by atomic mass is 10.1. The number of urea groups is 1. The van der Waals surface area contributed by atoms with Gasteiger partial charge in [0, 0.05) is 60.4 Å². The van der Waals surface area contributed by atoms with Crippen LogP contribution in [0.2, 0.25) is 10.0 Å². The van der Waals surface area contributed by atoms with Crippen LogP contribution in [0.1, 0.15) is 25.3 Å². The van der Waals surface area contributed by atoms with Crippen molar-refractivity contribution < 1.29 is 19.0 Å². The van der Waals surface area contributed by atoms with Gasteiger partial charge in [-0.1, -0.05) is 42.6 Å². The van der Waals surface area contributed by atoms with Crippen molar-refractivity contribution in [3.05, 3.63) is 95.0 Å². The van der Waals surface area contributed by atoms with Crippen molar-refractivity contribution in [3.8, 4) is 5.75 Å². The molecule has 1 aromatic heterocycles. The van der Waals surface area contributed by atoms with Crippen molar-refractivity contribution in [1.29, 1.82) is 0 Å². The summed E-state index contributed by atoms with van der Waals surface area (Å²) in [5, 5.41) is 11.0. The van der Waals surface area contributed by atoms with Gasteiger partial charge in [-0.15, -0.1) is 0 Å². The van der Waals surface area contributed by atoms with Crippen LogP contribution in [0.4, 0.5) is 21.9 Å². The van der Waals surface area contributed by atoms with Crippen molar-refractivity contribution in [2.75, 3.05) is 61.1 Å². The summed E-state index contributed by atoms with van der Waals surface area (Å²) in [5.74, 6) is -0.402. The maximum Gasteiger partial charge on any atom is 0.319 e. The number of ether oxygens (including phenoxy) is 3. The third kappa shape index (κ3) is 8.28. The number of rotatable bonds is 12. The number of hydrogen-bond donors (Lipinski definition) is 2. The minimum Gasteiger partial charge on any atom is -0.491 e. The largest absolute Gasteiger partial charge is 0.491 e. The summed E-state index contributed by atoms with van der Waals surface area (Å²) in [7, 11) is 0. The van der Waals surface area contributed by atoms with Crippen molar-refractivity contribution in [3.63, 3.8) is 0 Å². The minimum atomic E-state index is -1.15. The summed E-state index contributed by atoms with van der Waals surface area (Å²) >= 11 is 12.7. The van der Waals surface area contributed by atoms with Crippen LogP contribution in [0.15, 0.2) is 79.4 Å². The molecule has 0 aliphatic carbocycles. The number of carbonyl (C=O) groups is 1. The van der Waals surface area contributed by atoms with Crippen LogP contribution in [-0.2, 0) is 21.8 Å². The first kappa shape index (κ1) is 32.9. The number of aromatic nitrogens is 3. The van der Waals surface area contributed by atoms with E-state index in [1.165, 1.54) is 6.33 Å². The second kappa shape index (κ2) is 15.2. The van der Waals surface area contributed by atoms with E-state index >= 15 is 0 Å². The van der Waals surface area contributed by atoms with E-state index in [1.807, 2.05) is 30.3 Å². The molecule has 2 aliphatic heterocycles. The molecule has 0 radical (unpaired) electrons. The van der Waals surface area contributed by atoms with Gasteiger partial charge in [0.25, 0.3) is 0 Å². The zero-order chi connectivity index (χ0) is 32.6. The summed E-state index contributed by atoms with van der Waals surface area (Å²) in [4.78, 5) is 20.8. The molecular weight excluding hydrogens is 641 g/mol. The Labute approximate surface area is 284 Å². The second-order valence-electron chi connectivity index (χ2n) is 11.6. The topological polar surface area (TPSA) is 106 Å². The number of piperazine rings is 1. The summed E-state index contributed by atoms with van der Waals surface area (Å²) in [6.45, 7) is 7.27. The highest BCUT2D eigenvalue weighted by molar-refractivity contribution is 6.35. The number of hydrogen-bond acceptors (Lipinski definition) is 8. The van der Waals surface area contributed by atoms with E-state index in [1.54, 1.807) is 23.1 Å². The fourth-order valence-corrected chi connectivity index (χ4v) is 6.31. The molecule has 0 spiro atoms. The summed E-state index contributed by atoms with van der Waals surface area (Å²) in [5.41, 5.74) is 3.75. The molecule has 0 unspecified atom stereocenters. The Bertz CT molecular complexity index is 1600. The van der Waals surface area contributed by atoms with Gasteiger partial charge in [0.2, 0.25) is 5.79 Å². The molecule has 2 atom stereocenters. The monoisotopic (exact) mass is 679 g/mol. The maximum absolute atomic E-state index is 12.0. The van der Waals surface area contributed by atoms with E-state index in [4.69, 9.17) is 37.4 Å². The zero-order valence-corrected chi connectivity index (χ0v) is 27.8. The average Bonchev–Trinajstić information content (AvgIpc) is 3.75. The van der Waals surface area contributed by atoms with Gasteiger partial charge in [0.05, 0.1) is 11.6 Å². The van der Waals surface area contributed by atoms with E-state index in [0.717, 1.165) is 61.8 Å². The van der Waals surface area contributed by atoms with Gasteiger partial charge in [-0.05, 0) is 67.1 Å². The molecule has 2 N–H and O–H groups in total. The molecule has 2 amide bonds. The fraction of sp³-hybridized carbons (Fsp3) is 0.382. The molecule has 3 aromatic carbocycles. The third-order valence-corrected chi connectivity index (χ3v) is 8.81. The van der Waals surface area contributed by atoms with Crippen LogP contribution in [0, 0.1) is 0 Å². The second-order valence-corrected chi connectivity index (χ2v) is 12.4. The Morgan fingerprint density at radius 1 is 1.00 bits per heavy atom. The first-order valence-electron chi connectivity index (χ1n) is 15.9. The lowest BCUT2D eigenvalue weighted by molar-refractivity contribution is -0.190. The van der Waals surface area contributed by atoms with Gasteiger partial charge in [-0.25, -0.2) is 14.5 Å². The molecule has 248 valence electrons. The Hall–Kier alpha value is -4.03. The maximum atomic E-state index is 12.0. The average molecular weight is 681 g/mol. The molecule has 13 heteroatoms. The first-order chi connectivity index (χ1) is 22.9. The van der Waals surface area contributed by atoms with Crippen molar-refractivity contribution >= 4 is 46.3 Å². The fourth-order valence-electron chi connectivity index (χ4n) is 5.76. The van der Waals surface area contributed by atoms with E-state index < -0.39 is 5.79 Å². The van der Waals surface area contributed by atoms with Gasteiger partial charge in [-0.3, -0.25) is 0 Å². The molecule has 11 nitrogen and oxygen atoms in total. The predicted molar refractivity (Wildman–Crippen MR) is 184 cm³/mol. The van der Waals surface area contributed by atoms with Crippen LogP contribution in [0.25, 0.3) is 0 Å². The van der Waals surface area contributed by atoms with Crippen molar-refractivity contribution in [2.45, 2.75) is 38.2 Å². The highest BCUT2D eigenvalue weighted by atomic mass is 35.5. The van der Waals surface area contributed by atoms with Gasteiger partial charge < -0.3 is 34.6 Å². The number of amides is 2. The first-order valence-corrected chi connectivity index (χ1v) is 16.6. The summed E-state index contributed by atoms with van der Waals surface area (Å²) < 4.78 is 20.5. The molecule has 2 fully saturated rings. The highest BCUT2D eigenvalue weighted by Crippen LogP contribution is 2.40. The molecular formula is C34H39Cl2N7O4. The summed E-state index contributed by atoms with van der Waals surface area (Å²) in [6.07, 6.45) is 4.76. The Balaban J connectivity index is 0.987. The molecule has 2 saturated heterocycles. The SMILES string of the molecule is CCCCNC(=O)Nc1ccc(N2CCN(c3ccc(OC[C@@H]4CO[C@@](Cn5cncn5)(c5ccc(Cl)cc5Cl)O4)cc3)CC2)cc1. The third-order valence-electron chi connectivity index (χ3n) is 8.26. The minimum absolute atomic E-state index is 0.168. The number of unbranched alkanes of at least 4 members (excludes halogenated alkanes) is 1. The van der Waals surface area contributed by atoms with Gasteiger partial charge in [0.1, 0.15) is 37.7 Å². The van der Waals surface area contributed by atoms with Crippen LogP contribution in [0.5, 0.6) is 5.75 Å². The van der Waals surface area contributed by atoms with E-state index in [-0.39, 0.29) is 18.7 Å². The molecule has 2 aliphatic rings. The lowest BCUT2D eigenvalue weighted by Crippen LogP contribution is -2.46. The molecule has 4 aromatic rings. The molecule has 0 saturated carbocycles. The predicted octanol–water partition coefficient (Wildman–Crippen LogP) is 6.18. The zero-order valence-electron chi connectivity index (χ0n) is 26.3. The number of nitrogens with zero attached hydrogens (tertiary/aromatic N) is 5. The lowest BCUT2D eigenvalue weighted by Gasteiger charge is -2.37. The number of nitrogens with one attached hydrogen (secondary N) is 2. The van der Waals surface area contributed by atoms with Crippen LogP contribution >= 0.6 is 23.2 Å². The van der Waals surface area contributed by atoms with E-state index in [0.29, 0.717) is 35.4 Å². The van der Waals surface area contributed by atoms with Crippen LogP contribution in [-0.4, -0.2) is 72.8 Å². The van der Waals surface area contributed by atoms with Crippen LogP contribution in [0.3, 0.4) is 0 Å². The standard InChI is InChI=1S/C34H39Cl2N7O4/c1-2-3-14-38-33(44)40-26-5-7-27(8-6-26)41-15-17-42(18-16-41)28-9-11-29(12-10-28)45-20-30-21-46-34(47-30,22-43-24-37-23-39-43)31-13-4-25(35)19-32(31)36/h4-13,19,23-24,30H,2-3,14-18,20-22H2,1H3,(H2,38,40,44)/t30-,34-/m1/s1. The Morgan fingerprint density at radius 3 is 2.34 bits per heavy atom. The van der Waals surface area contributed by atoms with E-state index in [2.05, 4.69) is 61.7 Å². The van der Waals surface area contributed by atoms with Gasteiger partial charge in [-0.2, -0.15) is 5.10 Å². The Morgan fingerprint density at radius 2 is 1.70 bits per heavy atom. The summed E-state index contributed by atoms with van der Waals surface area (Å²) in [6, 6.07) is 21.3. The van der Waals surface area contributed by atoms with Crippen molar-refractivity contribution in [1.82, 2.24) is 20.1 Å².